The SMILES string of the molecule is COCCN1CCN(c2ccc(NC(=O)CCc3ccc(C)cc3)cc2)CC1. The van der Waals surface area contributed by atoms with Crippen molar-refractivity contribution in [3.05, 3.63) is 59.7 Å². The van der Waals surface area contributed by atoms with Crippen molar-refractivity contribution in [3.63, 3.8) is 0 Å². The number of piperazine rings is 1. The summed E-state index contributed by atoms with van der Waals surface area (Å²) in [6.45, 7) is 8.01. The quantitative estimate of drug-likeness (QED) is 0.762. The summed E-state index contributed by atoms with van der Waals surface area (Å²) < 4.78 is 5.16. The fourth-order valence-corrected chi connectivity index (χ4v) is 3.44. The Morgan fingerprint density at radius 3 is 2.32 bits per heavy atom. The number of carbonyl (C=O) groups is 1. The van der Waals surface area contributed by atoms with Gasteiger partial charge in [0.15, 0.2) is 0 Å². The van der Waals surface area contributed by atoms with Crippen LogP contribution in [0, 0.1) is 6.92 Å². The Balaban J connectivity index is 1.44. The lowest BCUT2D eigenvalue weighted by Gasteiger charge is -2.36. The number of amides is 1. The third-order valence-electron chi connectivity index (χ3n) is 5.26. The zero-order chi connectivity index (χ0) is 19.8. The minimum atomic E-state index is 0.0556. The number of hydrogen-bond donors (Lipinski definition) is 1. The molecular weight excluding hydrogens is 350 g/mol. The van der Waals surface area contributed by atoms with Crippen LogP contribution in [0.25, 0.3) is 0 Å². The normalized spacial score (nSPS) is 14.9. The second-order valence-electron chi connectivity index (χ2n) is 7.40. The largest absolute Gasteiger partial charge is 0.383 e. The topological polar surface area (TPSA) is 44.8 Å². The molecule has 3 rings (SSSR count). The number of aryl methyl sites for hydroxylation is 2. The number of carbonyl (C=O) groups excluding carboxylic acids is 1. The second-order valence-corrected chi connectivity index (χ2v) is 7.40. The summed E-state index contributed by atoms with van der Waals surface area (Å²) in [5.74, 6) is 0.0556. The molecule has 0 saturated carbocycles. The van der Waals surface area contributed by atoms with Crippen molar-refractivity contribution in [2.24, 2.45) is 0 Å². The van der Waals surface area contributed by atoms with Gasteiger partial charge in [-0.1, -0.05) is 29.8 Å². The molecule has 1 amide bonds. The third-order valence-corrected chi connectivity index (χ3v) is 5.26. The summed E-state index contributed by atoms with van der Waals surface area (Å²) in [4.78, 5) is 17.1. The molecule has 0 spiro atoms. The van der Waals surface area contributed by atoms with Gasteiger partial charge in [0.25, 0.3) is 0 Å². The maximum atomic E-state index is 12.2. The molecule has 0 radical (unpaired) electrons. The van der Waals surface area contributed by atoms with Crippen LogP contribution < -0.4 is 10.2 Å². The van der Waals surface area contributed by atoms with E-state index in [1.54, 1.807) is 7.11 Å². The lowest BCUT2D eigenvalue weighted by molar-refractivity contribution is -0.116. The second kappa shape index (κ2) is 10.2. The fraction of sp³-hybridized carbons (Fsp3) is 0.435. The van der Waals surface area contributed by atoms with E-state index in [2.05, 4.69) is 58.4 Å². The van der Waals surface area contributed by atoms with E-state index in [0.717, 1.165) is 51.4 Å². The number of ether oxygens (including phenoxy) is 1. The first kappa shape index (κ1) is 20.4. The van der Waals surface area contributed by atoms with Gasteiger partial charge in [0.1, 0.15) is 0 Å². The predicted octanol–water partition coefficient (Wildman–Crippen LogP) is 3.33. The van der Waals surface area contributed by atoms with Gasteiger partial charge in [0.2, 0.25) is 5.91 Å². The molecule has 1 aliphatic heterocycles. The van der Waals surface area contributed by atoms with Crippen LogP contribution in [0.15, 0.2) is 48.5 Å². The number of anilines is 2. The Morgan fingerprint density at radius 2 is 1.68 bits per heavy atom. The molecule has 2 aromatic carbocycles. The molecule has 0 bridgehead atoms. The zero-order valence-corrected chi connectivity index (χ0v) is 17.0. The average molecular weight is 382 g/mol. The van der Waals surface area contributed by atoms with Crippen LogP contribution in [-0.4, -0.2) is 57.2 Å². The Hall–Kier alpha value is -2.37. The summed E-state index contributed by atoms with van der Waals surface area (Å²) in [6.07, 6.45) is 1.26. The fourth-order valence-electron chi connectivity index (χ4n) is 3.44. The maximum Gasteiger partial charge on any atom is 0.224 e. The van der Waals surface area contributed by atoms with Gasteiger partial charge in [-0.15, -0.1) is 0 Å². The summed E-state index contributed by atoms with van der Waals surface area (Å²) in [6, 6.07) is 16.5. The molecule has 150 valence electrons. The number of nitrogens with zero attached hydrogens (tertiary/aromatic N) is 2. The van der Waals surface area contributed by atoms with E-state index >= 15 is 0 Å². The maximum absolute atomic E-state index is 12.2. The van der Waals surface area contributed by atoms with Gasteiger partial charge < -0.3 is 15.0 Å². The van der Waals surface area contributed by atoms with Crippen molar-refractivity contribution < 1.29 is 9.53 Å². The van der Waals surface area contributed by atoms with E-state index in [9.17, 15) is 4.79 Å². The molecule has 5 heteroatoms. The van der Waals surface area contributed by atoms with Crippen LogP contribution in [0.3, 0.4) is 0 Å². The Bertz CT molecular complexity index is 735. The van der Waals surface area contributed by atoms with E-state index in [4.69, 9.17) is 4.74 Å². The molecule has 5 nitrogen and oxygen atoms in total. The van der Waals surface area contributed by atoms with Gasteiger partial charge in [0, 0.05) is 57.6 Å². The van der Waals surface area contributed by atoms with E-state index in [0.29, 0.717) is 6.42 Å². The Morgan fingerprint density at radius 1 is 1.00 bits per heavy atom. The van der Waals surface area contributed by atoms with Crippen molar-refractivity contribution in [3.8, 4) is 0 Å². The van der Waals surface area contributed by atoms with Crippen LogP contribution in [-0.2, 0) is 16.0 Å². The number of rotatable bonds is 8. The third kappa shape index (κ3) is 6.08. The Labute approximate surface area is 168 Å². The van der Waals surface area contributed by atoms with Gasteiger partial charge in [-0.2, -0.15) is 0 Å². The lowest BCUT2D eigenvalue weighted by Crippen LogP contribution is -2.47. The van der Waals surface area contributed by atoms with Gasteiger partial charge >= 0.3 is 0 Å². The predicted molar refractivity (Wildman–Crippen MR) is 115 cm³/mol. The number of hydrogen-bond acceptors (Lipinski definition) is 4. The van der Waals surface area contributed by atoms with Crippen molar-refractivity contribution in [1.82, 2.24) is 4.90 Å². The number of benzene rings is 2. The smallest absolute Gasteiger partial charge is 0.224 e. The highest BCUT2D eigenvalue weighted by Crippen LogP contribution is 2.20. The Kier molecular flexibility index (Phi) is 7.46. The molecule has 0 aliphatic carbocycles. The van der Waals surface area contributed by atoms with Crippen LogP contribution in [0.5, 0.6) is 0 Å². The summed E-state index contributed by atoms with van der Waals surface area (Å²) in [5.41, 5.74) is 4.51. The highest BCUT2D eigenvalue weighted by Gasteiger charge is 2.16. The first-order valence-corrected chi connectivity index (χ1v) is 10.1. The van der Waals surface area contributed by atoms with Crippen molar-refractivity contribution >= 4 is 17.3 Å². The first-order chi connectivity index (χ1) is 13.6. The number of nitrogens with one attached hydrogen (secondary N) is 1. The van der Waals surface area contributed by atoms with Crippen molar-refractivity contribution in [1.29, 1.82) is 0 Å². The summed E-state index contributed by atoms with van der Waals surface area (Å²) >= 11 is 0. The van der Waals surface area contributed by atoms with Crippen LogP contribution >= 0.6 is 0 Å². The van der Waals surface area contributed by atoms with Gasteiger partial charge in [-0.25, -0.2) is 0 Å². The standard InChI is InChI=1S/C23H31N3O2/c1-19-3-5-20(6-4-19)7-12-23(27)24-21-8-10-22(11-9-21)26-15-13-25(14-16-26)17-18-28-2/h3-6,8-11H,7,12-18H2,1-2H3,(H,24,27). The van der Waals surface area contributed by atoms with Crippen molar-refractivity contribution in [2.75, 3.05) is 56.7 Å². The molecule has 1 fully saturated rings. The van der Waals surface area contributed by atoms with Crippen LogP contribution in [0.2, 0.25) is 0 Å². The van der Waals surface area contributed by atoms with E-state index in [1.165, 1.54) is 16.8 Å². The molecule has 0 aromatic heterocycles. The molecule has 1 heterocycles. The van der Waals surface area contributed by atoms with Crippen molar-refractivity contribution in [2.45, 2.75) is 19.8 Å². The average Bonchev–Trinajstić information content (AvgIpc) is 2.73. The first-order valence-electron chi connectivity index (χ1n) is 10.1. The molecule has 2 aromatic rings. The minimum Gasteiger partial charge on any atom is -0.383 e. The molecule has 1 saturated heterocycles. The molecule has 1 aliphatic rings. The van der Waals surface area contributed by atoms with Gasteiger partial charge in [-0.3, -0.25) is 9.69 Å². The summed E-state index contributed by atoms with van der Waals surface area (Å²) in [7, 11) is 1.75. The zero-order valence-electron chi connectivity index (χ0n) is 17.0. The molecule has 28 heavy (non-hydrogen) atoms. The monoisotopic (exact) mass is 381 g/mol. The highest BCUT2D eigenvalue weighted by molar-refractivity contribution is 5.91. The minimum absolute atomic E-state index is 0.0556. The molecule has 1 N–H and O–H groups in total. The molecule has 0 unspecified atom stereocenters. The lowest BCUT2D eigenvalue weighted by atomic mass is 10.1. The molecule has 0 atom stereocenters. The van der Waals surface area contributed by atoms with Crippen LogP contribution in [0.1, 0.15) is 17.5 Å². The number of methoxy groups -OCH3 is 1. The summed E-state index contributed by atoms with van der Waals surface area (Å²) in [5, 5.41) is 3.00. The van der Waals surface area contributed by atoms with Gasteiger partial charge in [-0.05, 0) is 43.2 Å². The highest BCUT2D eigenvalue weighted by atomic mass is 16.5. The van der Waals surface area contributed by atoms with E-state index in [-0.39, 0.29) is 5.91 Å². The van der Waals surface area contributed by atoms with E-state index < -0.39 is 0 Å². The van der Waals surface area contributed by atoms with Crippen LogP contribution in [0.4, 0.5) is 11.4 Å². The van der Waals surface area contributed by atoms with E-state index in [1.807, 2.05) is 12.1 Å². The van der Waals surface area contributed by atoms with Gasteiger partial charge in [0.05, 0.1) is 6.61 Å². The molecular formula is C23H31N3O2.